The van der Waals surface area contributed by atoms with Gasteiger partial charge in [-0.2, -0.15) is 0 Å². The number of carbonyl (C=O) groups is 2. The molecule has 1 aromatic carbocycles. The van der Waals surface area contributed by atoms with E-state index in [0.29, 0.717) is 38.4 Å². The number of hydrogen-bond donors (Lipinski definition) is 2. The summed E-state index contributed by atoms with van der Waals surface area (Å²) < 4.78 is 13.0. The van der Waals surface area contributed by atoms with Gasteiger partial charge >= 0.3 is 6.03 Å². The van der Waals surface area contributed by atoms with Crippen molar-refractivity contribution in [1.29, 1.82) is 0 Å². The first-order valence-corrected chi connectivity index (χ1v) is 9.11. The number of amides is 3. The van der Waals surface area contributed by atoms with Crippen molar-refractivity contribution in [2.75, 3.05) is 27.2 Å². The lowest BCUT2D eigenvalue weighted by atomic mass is 9.99. The Morgan fingerprint density at radius 3 is 2.50 bits per heavy atom. The van der Waals surface area contributed by atoms with Crippen molar-refractivity contribution < 1.29 is 14.0 Å². The number of hydrogen-bond acceptors (Lipinski definition) is 3. The van der Waals surface area contributed by atoms with Crippen LogP contribution in [-0.4, -0.2) is 60.4 Å². The van der Waals surface area contributed by atoms with Gasteiger partial charge in [-0.3, -0.25) is 14.7 Å². The number of nitrogens with zero attached hydrogens (tertiary/aromatic N) is 3. The molecule has 0 aliphatic carbocycles. The number of carbonyl (C=O) groups excluding carboxylic acids is 2. The predicted octanol–water partition coefficient (Wildman–Crippen LogP) is 2.56. The Morgan fingerprint density at radius 2 is 1.96 bits per heavy atom. The third-order valence-corrected chi connectivity index (χ3v) is 4.80. The van der Waals surface area contributed by atoms with Gasteiger partial charge in [0.25, 0.3) is 5.91 Å². The van der Waals surface area contributed by atoms with Crippen molar-refractivity contribution in [1.82, 2.24) is 20.4 Å². The van der Waals surface area contributed by atoms with E-state index in [4.69, 9.17) is 0 Å². The van der Waals surface area contributed by atoms with Gasteiger partial charge in [0.15, 0.2) is 5.96 Å². The monoisotopic (exact) mass is 505 g/mol. The van der Waals surface area contributed by atoms with Gasteiger partial charge in [0.1, 0.15) is 11.4 Å². The van der Waals surface area contributed by atoms with Crippen LogP contribution in [0.5, 0.6) is 0 Å². The number of rotatable bonds is 7. The van der Waals surface area contributed by atoms with E-state index >= 15 is 0 Å². The van der Waals surface area contributed by atoms with Crippen LogP contribution in [0.25, 0.3) is 0 Å². The lowest BCUT2D eigenvalue weighted by Gasteiger charge is -2.23. The van der Waals surface area contributed by atoms with Gasteiger partial charge in [-0.15, -0.1) is 24.0 Å². The minimum absolute atomic E-state index is 0. The Morgan fingerprint density at radius 1 is 1.32 bits per heavy atom. The summed E-state index contributed by atoms with van der Waals surface area (Å²) in [6.45, 7) is 5.13. The summed E-state index contributed by atoms with van der Waals surface area (Å²) in [6.07, 6.45) is 1.18. The van der Waals surface area contributed by atoms with Crippen LogP contribution in [0.2, 0.25) is 0 Å². The lowest BCUT2D eigenvalue weighted by molar-refractivity contribution is -0.130. The van der Waals surface area contributed by atoms with Crippen LogP contribution >= 0.6 is 24.0 Å². The average molecular weight is 505 g/mol. The van der Waals surface area contributed by atoms with Gasteiger partial charge in [-0.25, -0.2) is 9.18 Å². The maximum atomic E-state index is 13.0. The molecule has 0 saturated carbocycles. The minimum atomic E-state index is -0.796. The summed E-state index contributed by atoms with van der Waals surface area (Å²) >= 11 is 0. The molecule has 1 saturated heterocycles. The topological polar surface area (TPSA) is 77.0 Å². The fraction of sp³-hybridized carbons (Fsp3) is 0.526. The van der Waals surface area contributed by atoms with Crippen LogP contribution < -0.4 is 10.6 Å². The second-order valence-electron chi connectivity index (χ2n) is 6.88. The molecule has 0 radical (unpaired) electrons. The molecule has 1 atom stereocenters. The summed E-state index contributed by atoms with van der Waals surface area (Å²) in [6, 6.07) is 6.01. The SMILES string of the molecule is CCC1(C)NC(=O)N(CCCNC(=NC)N(C)Cc2ccc(F)cc2)C1=O.I. The fourth-order valence-electron chi connectivity index (χ4n) is 2.95. The number of guanidine groups is 1. The van der Waals surface area contributed by atoms with E-state index in [1.165, 1.54) is 17.0 Å². The molecule has 2 N–H and O–H groups in total. The Balaban J connectivity index is 0.00000392. The first kappa shape index (κ1) is 24.1. The van der Waals surface area contributed by atoms with E-state index in [2.05, 4.69) is 15.6 Å². The Kier molecular flexibility index (Phi) is 9.12. The van der Waals surface area contributed by atoms with Crippen LogP contribution in [0.4, 0.5) is 9.18 Å². The van der Waals surface area contributed by atoms with Crippen molar-refractivity contribution in [3.8, 4) is 0 Å². The normalized spacial score (nSPS) is 19.3. The second-order valence-corrected chi connectivity index (χ2v) is 6.88. The van der Waals surface area contributed by atoms with Crippen molar-refractivity contribution in [2.24, 2.45) is 4.99 Å². The first-order valence-electron chi connectivity index (χ1n) is 9.11. The quantitative estimate of drug-likeness (QED) is 0.197. The number of urea groups is 1. The highest BCUT2D eigenvalue weighted by atomic mass is 127. The highest BCUT2D eigenvalue weighted by Gasteiger charge is 2.45. The molecule has 9 heteroatoms. The summed E-state index contributed by atoms with van der Waals surface area (Å²) in [7, 11) is 3.58. The van der Waals surface area contributed by atoms with Crippen molar-refractivity contribution >= 4 is 41.9 Å². The van der Waals surface area contributed by atoms with E-state index in [-0.39, 0.29) is 41.7 Å². The summed E-state index contributed by atoms with van der Waals surface area (Å²) in [5.74, 6) is 0.256. The fourth-order valence-corrected chi connectivity index (χ4v) is 2.95. The Hall–Kier alpha value is -1.91. The van der Waals surface area contributed by atoms with Gasteiger partial charge in [-0.05, 0) is 37.5 Å². The highest BCUT2D eigenvalue weighted by molar-refractivity contribution is 14.0. The molecule has 0 aromatic heterocycles. The third kappa shape index (κ3) is 5.79. The molecule has 7 nitrogen and oxygen atoms in total. The predicted molar refractivity (Wildman–Crippen MR) is 118 cm³/mol. The minimum Gasteiger partial charge on any atom is -0.356 e. The van der Waals surface area contributed by atoms with E-state index in [1.807, 2.05) is 18.9 Å². The van der Waals surface area contributed by atoms with Crippen LogP contribution in [-0.2, 0) is 11.3 Å². The molecule has 28 heavy (non-hydrogen) atoms. The zero-order valence-electron chi connectivity index (χ0n) is 16.8. The molecule has 156 valence electrons. The summed E-state index contributed by atoms with van der Waals surface area (Å²) in [5, 5.41) is 5.97. The van der Waals surface area contributed by atoms with Crippen molar-refractivity contribution in [2.45, 2.75) is 38.8 Å². The molecule has 1 heterocycles. The molecule has 1 unspecified atom stereocenters. The molecule has 1 aliphatic rings. The van der Waals surface area contributed by atoms with Gasteiger partial charge in [0, 0.05) is 33.7 Å². The van der Waals surface area contributed by atoms with Gasteiger partial charge in [0.05, 0.1) is 0 Å². The standard InChI is InChI=1S/C19H28FN5O2.HI/c1-5-19(2)16(26)25(18(27)23-19)12-6-11-22-17(21-3)24(4)13-14-7-9-15(20)10-8-14;/h7-10H,5-6,11-13H2,1-4H3,(H,21,22)(H,23,27);1H. The van der Waals surface area contributed by atoms with E-state index in [9.17, 15) is 14.0 Å². The van der Waals surface area contributed by atoms with E-state index < -0.39 is 5.54 Å². The molecule has 1 aromatic rings. The van der Waals surface area contributed by atoms with Crippen molar-refractivity contribution in [3.05, 3.63) is 35.6 Å². The molecule has 0 bridgehead atoms. The lowest BCUT2D eigenvalue weighted by Crippen LogP contribution is -2.43. The van der Waals surface area contributed by atoms with Gasteiger partial charge in [-0.1, -0.05) is 19.1 Å². The zero-order valence-corrected chi connectivity index (χ0v) is 19.1. The maximum absolute atomic E-state index is 13.0. The Bertz CT molecular complexity index is 713. The van der Waals surface area contributed by atoms with E-state index in [1.54, 1.807) is 26.1 Å². The largest absolute Gasteiger partial charge is 0.356 e. The number of nitrogens with one attached hydrogen (secondary N) is 2. The molecule has 0 spiro atoms. The smallest absolute Gasteiger partial charge is 0.325 e. The summed E-state index contributed by atoms with van der Waals surface area (Å²) in [4.78, 5) is 31.8. The number of aliphatic imine (C=N–C) groups is 1. The maximum Gasteiger partial charge on any atom is 0.325 e. The van der Waals surface area contributed by atoms with Crippen LogP contribution in [0.1, 0.15) is 32.3 Å². The van der Waals surface area contributed by atoms with Gasteiger partial charge < -0.3 is 15.5 Å². The molecular weight excluding hydrogens is 476 g/mol. The zero-order chi connectivity index (χ0) is 20.0. The molecular formula is C19H29FIN5O2. The van der Waals surface area contributed by atoms with Crippen LogP contribution in [0.15, 0.2) is 29.3 Å². The van der Waals surface area contributed by atoms with Crippen LogP contribution in [0.3, 0.4) is 0 Å². The molecule has 3 amide bonds. The number of imide groups is 1. The molecule has 1 fully saturated rings. The van der Waals surface area contributed by atoms with Crippen LogP contribution in [0, 0.1) is 5.82 Å². The Labute approximate surface area is 182 Å². The number of benzene rings is 1. The number of halogens is 2. The molecule has 1 aliphatic heterocycles. The molecule has 2 rings (SSSR count). The highest BCUT2D eigenvalue weighted by Crippen LogP contribution is 2.20. The van der Waals surface area contributed by atoms with Gasteiger partial charge in [0.2, 0.25) is 0 Å². The third-order valence-electron chi connectivity index (χ3n) is 4.80. The summed E-state index contributed by atoms with van der Waals surface area (Å²) in [5.41, 5.74) is 0.177. The van der Waals surface area contributed by atoms with Crippen molar-refractivity contribution in [3.63, 3.8) is 0 Å². The second kappa shape index (κ2) is 10.6. The van der Waals surface area contributed by atoms with E-state index in [0.717, 1.165) is 5.56 Å². The first-order chi connectivity index (χ1) is 12.8. The average Bonchev–Trinajstić information content (AvgIpc) is 2.86.